The summed E-state index contributed by atoms with van der Waals surface area (Å²) < 4.78 is 40.1. The SMILES string of the molecule is COc1cc2c(cc1OC)C(c1ccccc1)N(S(=O)(=O)c1ccc(CCCl)cc1)CC2. The molecule has 3 aromatic carbocycles. The number of halogens is 1. The summed E-state index contributed by atoms with van der Waals surface area (Å²) >= 11 is 5.82. The second-order valence-electron chi connectivity index (χ2n) is 7.67. The first-order chi connectivity index (χ1) is 15.5. The first-order valence-corrected chi connectivity index (χ1v) is 12.4. The lowest BCUT2D eigenvalue weighted by atomic mass is 9.89. The van der Waals surface area contributed by atoms with E-state index in [1.165, 1.54) is 0 Å². The number of methoxy groups -OCH3 is 2. The van der Waals surface area contributed by atoms with Crippen LogP contribution in [0.4, 0.5) is 0 Å². The third-order valence-corrected chi connectivity index (χ3v) is 7.93. The van der Waals surface area contributed by atoms with Crippen molar-refractivity contribution in [2.75, 3.05) is 26.6 Å². The molecule has 7 heteroatoms. The van der Waals surface area contributed by atoms with E-state index < -0.39 is 16.1 Å². The summed E-state index contributed by atoms with van der Waals surface area (Å²) in [5, 5.41) is 0. The molecule has 1 unspecified atom stereocenters. The van der Waals surface area contributed by atoms with Gasteiger partial charge in [-0.15, -0.1) is 11.6 Å². The van der Waals surface area contributed by atoms with Crippen LogP contribution in [-0.4, -0.2) is 39.4 Å². The summed E-state index contributed by atoms with van der Waals surface area (Å²) in [7, 11) is -0.552. The van der Waals surface area contributed by atoms with Crippen molar-refractivity contribution in [3.05, 3.63) is 89.0 Å². The van der Waals surface area contributed by atoms with E-state index in [2.05, 4.69) is 0 Å². The van der Waals surface area contributed by atoms with Gasteiger partial charge in [-0.05, 0) is 59.4 Å². The van der Waals surface area contributed by atoms with E-state index in [1.54, 1.807) is 30.7 Å². The molecule has 168 valence electrons. The van der Waals surface area contributed by atoms with Gasteiger partial charge in [0.1, 0.15) is 0 Å². The summed E-state index contributed by atoms with van der Waals surface area (Å²) in [4.78, 5) is 0.278. The first kappa shape index (κ1) is 22.6. The summed E-state index contributed by atoms with van der Waals surface area (Å²) in [5.41, 5.74) is 3.88. The molecule has 1 aliphatic rings. The molecule has 0 N–H and O–H groups in total. The Labute approximate surface area is 194 Å². The van der Waals surface area contributed by atoms with E-state index in [0.717, 1.165) is 22.3 Å². The smallest absolute Gasteiger partial charge is 0.243 e. The molecular formula is C25H26ClNO4S. The Morgan fingerprint density at radius 1 is 0.969 bits per heavy atom. The van der Waals surface area contributed by atoms with Gasteiger partial charge in [0.2, 0.25) is 10.0 Å². The average molecular weight is 472 g/mol. The number of fused-ring (bicyclic) bond motifs is 1. The Morgan fingerprint density at radius 3 is 2.25 bits per heavy atom. The van der Waals surface area contributed by atoms with Crippen molar-refractivity contribution < 1.29 is 17.9 Å². The van der Waals surface area contributed by atoms with E-state index in [1.807, 2.05) is 54.6 Å². The fourth-order valence-electron chi connectivity index (χ4n) is 4.24. The van der Waals surface area contributed by atoms with Crippen LogP contribution in [0.15, 0.2) is 71.6 Å². The van der Waals surface area contributed by atoms with Gasteiger partial charge >= 0.3 is 0 Å². The topological polar surface area (TPSA) is 55.8 Å². The van der Waals surface area contributed by atoms with Crippen LogP contribution in [0.5, 0.6) is 11.5 Å². The van der Waals surface area contributed by atoms with Crippen molar-refractivity contribution in [1.82, 2.24) is 4.31 Å². The van der Waals surface area contributed by atoms with Crippen molar-refractivity contribution in [2.24, 2.45) is 0 Å². The maximum Gasteiger partial charge on any atom is 0.243 e. The molecule has 0 radical (unpaired) electrons. The maximum absolute atomic E-state index is 13.8. The quantitative estimate of drug-likeness (QED) is 0.463. The van der Waals surface area contributed by atoms with Gasteiger partial charge in [-0.25, -0.2) is 8.42 Å². The van der Waals surface area contributed by atoms with Crippen LogP contribution in [0.3, 0.4) is 0 Å². The van der Waals surface area contributed by atoms with Crippen LogP contribution in [-0.2, 0) is 22.9 Å². The normalized spacial score (nSPS) is 16.4. The third kappa shape index (κ3) is 4.22. The molecular weight excluding hydrogens is 446 g/mol. The fraction of sp³-hybridized carbons (Fsp3) is 0.280. The van der Waals surface area contributed by atoms with Crippen LogP contribution in [0.1, 0.15) is 28.3 Å². The zero-order chi connectivity index (χ0) is 22.7. The van der Waals surface area contributed by atoms with Crippen molar-refractivity contribution in [3.63, 3.8) is 0 Å². The van der Waals surface area contributed by atoms with Gasteiger partial charge in [0.25, 0.3) is 0 Å². The van der Waals surface area contributed by atoms with E-state index >= 15 is 0 Å². The van der Waals surface area contributed by atoms with E-state index in [4.69, 9.17) is 21.1 Å². The number of hydrogen-bond donors (Lipinski definition) is 0. The lowest BCUT2D eigenvalue weighted by Crippen LogP contribution is -2.40. The number of ether oxygens (including phenoxy) is 2. The monoisotopic (exact) mass is 471 g/mol. The molecule has 0 aliphatic carbocycles. The molecule has 0 aromatic heterocycles. The number of rotatable bonds is 7. The minimum atomic E-state index is -3.74. The molecule has 0 bridgehead atoms. The number of nitrogens with zero attached hydrogens (tertiary/aromatic N) is 1. The molecule has 0 saturated heterocycles. The summed E-state index contributed by atoms with van der Waals surface area (Å²) in [5.74, 6) is 1.72. The Kier molecular flexibility index (Phi) is 6.74. The highest BCUT2D eigenvalue weighted by Crippen LogP contribution is 2.43. The zero-order valence-electron chi connectivity index (χ0n) is 18.1. The second kappa shape index (κ2) is 9.53. The molecule has 3 aromatic rings. The second-order valence-corrected chi connectivity index (χ2v) is 9.94. The van der Waals surface area contributed by atoms with E-state index in [9.17, 15) is 8.42 Å². The van der Waals surface area contributed by atoms with Gasteiger partial charge in [0.15, 0.2) is 11.5 Å². The highest BCUT2D eigenvalue weighted by atomic mass is 35.5. The van der Waals surface area contributed by atoms with Crippen molar-refractivity contribution >= 4 is 21.6 Å². The fourth-order valence-corrected chi connectivity index (χ4v) is 6.05. The molecule has 0 saturated carbocycles. The maximum atomic E-state index is 13.8. The predicted molar refractivity (Wildman–Crippen MR) is 126 cm³/mol. The molecule has 0 spiro atoms. The van der Waals surface area contributed by atoms with E-state index in [-0.39, 0.29) is 4.90 Å². The van der Waals surface area contributed by atoms with Crippen LogP contribution >= 0.6 is 11.6 Å². The van der Waals surface area contributed by atoms with Gasteiger partial charge in [-0.3, -0.25) is 0 Å². The summed E-state index contributed by atoms with van der Waals surface area (Å²) in [6, 6.07) is 20.1. The van der Waals surface area contributed by atoms with Gasteiger partial charge in [-0.1, -0.05) is 42.5 Å². The average Bonchev–Trinajstić information content (AvgIpc) is 2.83. The lowest BCUT2D eigenvalue weighted by Gasteiger charge is -2.37. The number of hydrogen-bond acceptors (Lipinski definition) is 4. The molecule has 1 heterocycles. The Bertz CT molecular complexity index is 1180. The van der Waals surface area contributed by atoms with Crippen LogP contribution in [0.25, 0.3) is 0 Å². The first-order valence-electron chi connectivity index (χ1n) is 10.5. The number of benzene rings is 3. The number of alkyl halides is 1. The van der Waals surface area contributed by atoms with Gasteiger partial charge in [0, 0.05) is 12.4 Å². The Morgan fingerprint density at radius 2 is 1.62 bits per heavy atom. The number of aryl methyl sites for hydroxylation is 1. The molecule has 1 aliphatic heterocycles. The predicted octanol–water partition coefficient (Wildman–Crippen LogP) is 4.82. The molecule has 32 heavy (non-hydrogen) atoms. The molecule has 4 rings (SSSR count). The molecule has 1 atom stereocenters. The van der Waals surface area contributed by atoms with Crippen LogP contribution in [0, 0.1) is 0 Å². The number of sulfonamides is 1. The third-order valence-electron chi connectivity index (χ3n) is 5.86. The Hall–Kier alpha value is -2.54. The van der Waals surface area contributed by atoms with Gasteiger partial charge in [0.05, 0.1) is 25.2 Å². The standard InChI is InChI=1S/C25H26ClNO4S/c1-30-23-16-20-13-15-27(32(28,29)21-10-8-18(9-11-21)12-14-26)25(19-6-4-3-5-7-19)22(20)17-24(23)31-2/h3-11,16-17,25H,12-15H2,1-2H3. The van der Waals surface area contributed by atoms with E-state index in [0.29, 0.717) is 36.8 Å². The Balaban J connectivity index is 1.83. The summed E-state index contributed by atoms with van der Waals surface area (Å²) in [6.07, 6.45) is 1.29. The van der Waals surface area contributed by atoms with Gasteiger partial charge in [-0.2, -0.15) is 4.31 Å². The molecule has 0 amide bonds. The minimum Gasteiger partial charge on any atom is -0.493 e. The van der Waals surface area contributed by atoms with Crippen LogP contribution < -0.4 is 9.47 Å². The highest BCUT2D eigenvalue weighted by Gasteiger charge is 2.38. The highest BCUT2D eigenvalue weighted by molar-refractivity contribution is 7.89. The van der Waals surface area contributed by atoms with Crippen molar-refractivity contribution in [1.29, 1.82) is 0 Å². The molecule has 0 fully saturated rings. The van der Waals surface area contributed by atoms with Gasteiger partial charge < -0.3 is 9.47 Å². The largest absolute Gasteiger partial charge is 0.493 e. The zero-order valence-corrected chi connectivity index (χ0v) is 19.7. The van der Waals surface area contributed by atoms with Crippen molar-refractivity contribution in [3.8, 4) is 11.5 Å². The lowest BCUT2D eigenvalue weighted by molar-refractivity contribution is 0.332. The summed E-state index contributed by atoms with van der Waals surface area (Å²) in [6.45, 7) is 0.369. The molecule has 5 nitrogen and oxygen atoms in total. The van der Waals surface area contributed by atoms with Crippen molar-refractivity contribution in [2.45, 2.75) is 23.8 Å². The van der Waals surface area contributed by atoms with Crippen LogP contribution in [0.2, 0.25) is 0 Å². The minimum absolute atomic E-state index is 0.278.